The van der Waals surface area contributed by atoms with Crippen LogP contribution in [0.15, 0.2) is 12.1 Å². The van der Waals surface area contributed by atoms with Crippen molar-refractivity contribution in [3.63, 3.8) is 0 Å². The van der Waals surface area contributed by atoms with Gasteiger partial charge < -0.3 is 9.47 Å². The molecule has 2 heteroatoms. The van der Waals surface area contributed by atoms with Gasteiger partial charge in [0.1, 0.15) is 5.75 Å². The fourth-order valence-electron chi connectivity index (χ4n) is 1.96. The summed E-state index contributed by atoms with van der Waals surface area (Å²) >= 11 is 0. The zero-order valence-corrected chi connectivity index (χ0v) is 12.8. The number of ether oxygens (including phenoxy) is 2. The number of hydrogen-bond acceptors (Lipinski definition) is 2. The Hall–Kier alpha value is -1.02. The van der Waals surface area contributed by atoms with Gasteiger partial charge in [0.2, 0.25) is 0 Å². The van der Waals surface area contributed by atoms with Crippen molar-refractivity contribution in [3.05, 3.63) is 28.8 Å². The molecule has 1 aromatic carbocycles. The molecule has 0 aromatic heterocycles. The Morgan fingerprint density at radius 2 is 1.78 bits per heavy atom. The van der Waals surface area contributed by atoms with E-state index in [-0.39, 0.29) is 11.7 Å². The largest absolute Gasteiger partial charge is 0.465 e. The third-order valence-electron chi connectivity index (χ3n) is 2.97. The molecule has 0 amide bonds. The molecular weight excluding hydrogens is 224 g/mol. The smallest absolute Gasteiger partial charge is 0.197 e. The van der Waals surface area contributed by atoms with Crippen molar-refractivity contribution in [3.8, 4) is 5.75 Å². The molecule has 1 unspecified atom stereocenters. The number of hydrogen-bond donors (Lipinski definition) is 0. The topological polar surface area (TPSA) is 18.5 Å². The number of aryl methyl sites for hydroxylation is 1. The molecule has 1 atom stereocenters. The van der Waals surface area contributed by atoms with Gasteiger partial charge in [-0.1, -0.05) is 40.7 Å². The minimum Gasteiger partial charge on any atom is -0.465 e. The predicted octanol–water partition coefficient (Wildman–Crippen LogP) is 4.57. The lowest BCUT2D eigenvalue weighted by molar-refractivity contribution is -0.0948. The summed E-state index contributed by atoms with van der Waals surface area (Å²) in [5.74, 6) is 1.01. The molecule has 0 fully saturated rings. The Labute approximate surface area is 111 Å². The van der Waals surface area contributed by atoms with Gasteiger partial charge in [0.05, 0.1) is 6.61 Å². The molecule has 0 N–H and O–H groups in total. The van der Waals surface area contributed by atoms with E-state index >= 15 is 0 Å². The van der Waals surface area contributed by atoms with Gasteiger partial charge in [-0.25, -0.2) is 0 Å². The summed E-state index contributed by atoms with van der Waals surface area (Å²) in [6.45, 7) is 15.4. The molecule has 102 valence electrons. The summed E-state index contributed by atoms with van der Waals surface area (Å²) in [4.78, 5) is 0. The van der Waals surface area contributed by atoms with Gasteiger partial charge in [-0.05, 0) is 36.5 Å². The molecule has 1 aromatic rings. The summed E-state index contributed by atoms with van der Waals surface area (Å²) in [7, 11) is 0. The van der Waals surface area contributed by atoms with Crippen LogP contribution in [0.25, 0.3) is 0 Å². The standard InChI is InChI=1S/C14H20O2.C2H6/c1-9-6-12(14(3,4)5)7-11-8-15-10(2)16-13(9)11;1-2/h6-7,10H,8H2,1-5H3;1-2H3. The Morgan fingerprint density at radius 1 is 1.17 bits per heavy atom. The first-order valence-electron chi connectivity index (χ1n) is 6.80. The molecule has 0 radical (unpaired) electrons. The van der Waals surface area contributed by atoms with Crippen LogP contribution >= 0.6 is 0 Å². The lowest BCUT2D eigenvalue weighted by Crippen LogP contribution is -2.23. The van der Waals surface area contributed by atoms with Gasteiger partial charge in [-0.15, -0.1) is 0 Å². The predicted molar refractivity (Wildman–Crippen MR) is 76.1 cm³/mol. The third kappa shape index (κ3) is 3.26. The van der Waals surface area contributed by atoms with E-state index in [2.05, 4.69) is 39.8 Å². The summed E-state index contributed by atoms with van der Waals surface area (Å²) in [5, 5.41) is 0. The quantitative estimate of drug-likeness (QED) is 0.671. The maximum atomic E-state index is 5.71. The number of fused-ring (bicyclic) bond motifs is 1. The third-order valence-corrected chi connectivity index (χ3v) is 2.97. The van der Waals surface area contributed by atoms with Crippen molar-refractivity contribution in [2.75, 3.05) is 0 Å². The normalized spacial score (nSPS) is 18.3. The fraction of sp³-hybridized carbons (Fsp3) is 0.625. The first-order valence-corrected chi connectivity index (χ1v) is 6.80. The second-order valence-corrected chi connectivity index (χ2v) is 5.53. The molecular formula is C16H26O2. The average Bonchev–Trinajstić information content (AvgIpc) is 2.31. The highest BCUT2D eigenvalue weighted by Crippen LogP contribution is 2.34. The van der Waals surface area contributed by atoms with Crippen molar-refractivity contribution in [1.82, 2.24) is 0 Å². The van der Waals surface area contributed by atoms with Crippen LogP contribution in [0.5, 0.6) is 5.75 Å². The van der Waals surface area contributed by atoms with E-state index in [4.69, 9.17) is 9.47 Å². The van der Waals surface area contributed by atoms with Gasteiger partial charge in [0.15, 0.2) is 6.29 Å². The number of benzene rings is 1. The highest BCUT2D eigenvalue weighted by Gasteiger charge is 2.22. The van der Waals surface area contributed by atoms with E-state index in [0.29, 0.717) is 6.61 Å². The molecule has 0 bridgehead atoms. The minimum atomic E-state index is -0.133. The highest BCUT2D eigenvalue weighted by molar-refractivity contribution is 5.46. The Balaban J connectivity index is 0.000000771. The average molecular weight is 250 g/mol. The van der Waals surface area contributed by atoms with Crippen LogP contribution in [0.4, 0.5) is 0 Å². The molecule has 2 nitrogen and oxygen atoms in total. The molecule has 0 aliphatic carbocycles. The summed E-state index contributed by atoms with van der Waals surface area (Å²) in [6, 6.07) is 4.42. The van der Waals surface area contributed by atoms with Gasteiger partial charge in [-0.3, -0.25) is 0 Å². The van der Waals surface area contributed by atoms with Crippen LogP contribution in [0, 0.1) is 6.92 Å². The van der Waals surface area contributed by atoms with Crippen molar-refractivity contribution >= 4 is 0 Å². The zero-order valence-electron chi connectivity index (χ0n) is 12.8. The van der Waals surface area contributed by atoms with Crippen molar-refractivity contribution in [1.29, 1.82) is 0 Å². The number of rotatable bonds is 0. The van der Waals surface area contributed by atoms with Crippen molar-refractivity contribution < 1.29 is 9.47 Å². The Kier molecular flexibility index (Phi) is 4.80. The highest BCUT2D eigenvalue weighted by atomic mass is 16.7. The SMILES string of the molecule is CC.Cc1cc(C(C)(C)C)cc2c1OC(C)OC2. The first kappa shape index (κ1) is 15.0. The van der Waals surface area contributed by atoms with Crippen LogP contribution in [0.2, 0.25) is 0 Å². The van der Waals surface area contributed by atoms with E-state index in [1.165, 1.54) is 16.7 Å². The lowest BCUT2D eigenvalue weighted by Gasteiger charge is -2.28. The van der Waals surface area contributed by atoms with Crippen LogP contribution in [0.1, 0.15) is 58.2 Å². The van der Waals surface area contributed by atoms with Gasteiger partial charge in [-0.2, -0.15) is 0 Å². The van der Waals surface area contributed by atoms with Crippen LogP contribution < -0.4 is 4.74 Å². The van der Waals surface area contributed by atoms with Crippen LogP contribution in [-0.4, -0.2) is 6.29 Å². The van der Waals surface area contributed by atoms with E-state index in [9.17, 15) is 0 Å². The Morgan fingerprint density at radius 3 is 2.33 bits per heavy atom. The van der Waals surface area contributed by atoms with Gasteiger partial charge in [0.25, 0.3) is 0 Å². The lowest BCUT2D eigenvalue weighted by atomic mass is 9.85. The second kappa shape index (κ2) is 5.75. The van der Waals surface area contributed by atoms with E-state index < -0.39 is 0 Å². The molecule has 0 spiro atoms. The summed E-state index contributed by atoms with van der Waals surface area (Å²) in [5.41, 5.74) is 3.88. The van der Waals surface area contributed by atoms with E-state index in [0.717, 1.165) is 5.75 Å². The monoisotopic (exact) mass is 250 g/mol. The molecule has 2 rings (SSSR count). The maximum Gasteiger partial charge on any atom is 0.197 e. The second-order valence-electron chi connectivity index (χ2n) is 5.53. The fourth-order valence-corrected chi connectivity index (χ4v) is 1.96. The molecule has 18 heavy (non-hydrogen) atoms. The maximum absolute atomic E-state index is 5.71. The summed E-state index contributed by atoms with van der Waals surface area (Å²) < 4.78 is 11.2. The molecule has 0 saturated heterocycles. The van der Waals surface area contributed by atoms with Crippen LogP contribution in [0.3, 0.4) is 0 Å². The van der Waals surface area contributed by atoms with Gasteiger partial charge >= 0.3 is 0 Å². The molecule has 0 saturated carbocycles. The van der Waals surface area contributed by atoms with Crippen molar-refractivity contribution in [2.24, 2.45) is 0 Å². The van der Waals surface area contributed by atoms with E-state index in [1.54, 1.807) is 0 Å². The zero-order chi connectivity index (χ0) is 13.9. The van der Waals surface area contributed by atoms with E-state index in [1.807, 2.05) is 20.8 Å². The Bertz CT molecular complexity index is 402. The molecule has 1 aliphatic heterocycles. The molecule has 1 aliphatic rings. The summed E-state index contributed by atoms with van der Waals surface area (Å²) in [6.07, 6.45) is -0.133. The first-order chi connectivity index (χ1) is 8.38. The van der Waals surface area contributed by atoms with Crippen LogP contribution in [-0.2, 0) is 16.8 Å². The minimum absolute atomic E-state index is 0.133. The molecule has 1 heterocycles. The van der Waals surface area contributed by atoms with Crippen molar-refractivity contribution in [2.45, 2.75) is 66.8 Å². The van der Waals surface area contributed by atoms with Gasteiger partial charge in [0, 0.05) is 5.56 Å².